The van der Waals surface area contributed by atoms with Crippen LogP contribution in [-0.2, 0) is 28.6 Å². The summed E-state index contributed by atoms with van der Waals surface area (Å²) >= 11 is 0. The lowest BCUT2D eigenvalue weighted by Crippen LogP contribution is -2.30. The highest BCUT2D eigenvalue weighted by Gasteiger charge is 2.19. The highest BCUT2D eigenvalue weighted by molar-refractivity contribution is 5.71. The molecular weight excluding hydrogens is 877 g/mol. The highest BCUT2D eigenvalue weighted by Crippen LogP contribution is 2.17. The molecule has 0 fully saturated rings. The molecule has 1 atom stereocenters. The van der Waals surface area contributed by atoms with Gasteiger partial charge in [0, 0.05) is 19.3 Å². The van der Waals surface area contributed by atoms with Gasteiger partial charge in [-0.25, -0.2) is 0 Å². The first-order chi connectivity index (χ1) is 35.0. The summed E-state index contributed by atoms with van der Waals surface area (Å²) in [6.07, 6.45) is 75.0. The van der Waals surface area contributed by atoms with Crippen molar-refractivity contribution in [1.29, 1.82) is 0 Å². The van der Waals surface area contributed by atoms with E-state index < -0.39 is 6.10 Å². The van der Waals surface area contributed by atoms with E-state index in [2.05, 4.69) is 81.5 Å². The molecule has 6 heteroatoms. The van der Waals surface area contributed by atoms with Gasteiger partial charge in [0.2, 0.25) is 0 Å². The molecule has 0 aromatic carbocycles. The van der Waals surface area contributed by atoms with E-state index in [9.17, 15) is 14.4 Å². The third-order valence-electron chi connectivity index (χ3n) is 13.5. The lowest BCUT2D eigenvalue weighted by Gasteiger charge is -2.18. The average Bonchev–Trinajstić information content (AvgIpc) is 3.37. The summed E-state index contributed by atoms with van der Waals surface area (Å²) in [6.45, 7) is 6.55. The number of allylic oxidation sites excluding steroid dienone is 10. The monoisotopic (exact) mass is 993 g/mol. The minimum atomic E-state index is -0.782. The van der Waals surface area contributed by atoms with E-state index in [4.69, 9.17) is 14.2 Å². The van der Waals surface area contributed by atoms with Crippen LogP contribution >= 0.6 is 0 Å². The first kappa shape index (κ1) is 68.1. The van der Waals surface area contributed by atoms with Crippen LogP contribution in [0.1, 0.15) is 316 Å². The van der Waals surface area contributed by atoms with Gasteiger partial charge in [-0.1, -0.05) is 274 Å². The minimum absolute atomic E-state index is 0.0803. The van der Waals surface area contributed by atoms with Crippen LogP contribution in [0.5, 0.6) is 0 Å². The summed E-state index contributed by atoms with van der Waals surface area (Å²) in [5, 5.41) is 0. The summed E-state index contributed by atoms with van der Waals surface area (Å²) in [7, 11) is 0. The van der Waals surface area contributed by atoms with Gasteiger partial charge in [0.15, 0.2) is 6.10 Å². The molecule has 6 nitrogen and oxygen atoms in total. The van der Waals surface area contributed by atoms with Gasteiger partial charge in [-0.3, -0.25) is 14.4 Å². The Morgan fingerprint density at radius 1 is 0.296 bits per heavy atom. The van der Waals surface area contributed by atoms with Crippen molar-refractivity contribution in [2.24, 2.45) is 0 Å². The van der Waals surface area contributed by atoms with Gasteiger partial charge in [-0.05, 0) is 83.5 Å². The normalized spacial score (nSPS) is 12.4. The third kappa shape index (κ3) is 57.9. The fourth-order valence-electron chi connectivity index (χ4n) is 8.90. The quantitative estimate of drug-likeness (QED) is 0.0261. The zero-order chi connectivity index (χ0) is 51.4. The van der Waals surface area contributed by atoms with Gasteiger partial charge in [0.05, 0.1) is 0 Å². The second-order valence-corrected chi connectivity index (χ2v) is 20.6. The van der Waals surface area contributed by atoms with E-state index in [0.717, 1.165) is 96.3 Å². The standard InChI is InChI=1S/C65H116O6/c1-4-7-10-13-16-19-22-25-28-31-33-35-37-40-43-46-49-52-55-58-64(67)70-61-62(60-69-63(66)57-54-51-48-45-42-39-36-30-27-24-21-18-15-12-9-6-3)71-65(68)59-56-53-50-47-44-41-38-34-32-29-26-23-20-17-14-11-8-5-2/h7,10,16,19,25,28,30,33,35-36,62H,4-6,8-9,11-15,17-18,20-24,26-27,29,31-32,34,37-61H2,1-3H3/b10-7-,19-16-,28-25-,35-33-,36-30-. The van der Waals surface area contributed by atoms with Gasteiger partial charge in [0.1, 0.15) is 13.2 Å². The van der Waals surface area contributed by atoms with Crippen LogP contribution in [0.25, 0.3) is 0 Å². The largest absolute Gasteiger partial charge is 0.462 e. The molecule has 0 spiro atoms. The molecular formula is C65H116O6. The van der Waals surface area contributed by atoms with Crippen LogP contribution < -0.4 is 0 Å². The number of hydrogen-bond acceptors (Lipinski definition) is 6. The van der Waals surface area contributed by atoms with E-state index in [1.807, 2.05) is 0 Å². The third-order valence-corrected chi connectivity index (χ3v) is 13.5. The van der Waals surface area contributed by atoms with E-state index in [0.29, 0.717) is 19.3 Å². The first-order valence-corrected chi connectivity index (χ1v) is 30.8. The molecule has 412 valence electrons. The van der Waals surface area contributed by atoms with Crippen LogP contribution in [0.4, 0.5) is 0 Å². The van der Waals surface area contributed by atoms with Crippen molar-refractivity contribution >= 4 is 17.9 Å². The van der Waals surface area contributed by atoms with E-state index in [1.54, 1.807) is 0 Å². The molecule has 0 saturated carbocycles. The fourth-order valence-corrected chi connectivity index (χ4v) is 8.90. The molecule has 0 heterocycles. The summed E-state index contributed by atoms with van der Waals surface area (Å²) in [4.78, 5) is 38.3. The molecule has 0 aromatic rings. The summed E-state index contributed by atoms with van der Waals surface area (Å²) in [6, 6.07) is 0. The Kier molecular flexibility index (Phi) is 57.2. The molecule has 0 saturated heterocycles. The minimum Gasteiger partial charge on any atom is -0.462 e. The van der Waals surface area contributed by atoms with E-state index in [-0.39, 0.29) is 31.1 Å². The molecule has 0 radical (unpaired) electrons. The molecule has 0 aliphatic rings. The van der Waals surface area contributed by atoms with E-state index >= 15 is 0 Å². The second kappa shape index (κ2) is 59.7. The van der Waals surface area contributed by atoms with Gasteiger partial charge in [0.25, 0.3) is 0 Å². The summed E-state index contributed by atoms with van der Waals surface area (Å²) in [5.41, 5.74) is 0. The van der Waals surface area contributed by atoms with Crippen LogP contribution in [-0.4, -0.2) is 37.2 Å². The van der Waals surface area contributed by atoms with E-state index in [1.165, 1.54) is 180 Å². The summed E-state index contributed by atoms with van der Waals surface area (Å²) in [5.74, 6) is -0.885. The maximum Gasteiger partial charge on any atom is 0.306 e. The second-order valence-electron chi connectivity index (χ2n) is 20.6. The van der Waals surface area contributed by atoms with Crippen LogP contribution in [0.15, 0.2) is 60.8 Å². The molecule has 0 aliphatic heterocycles. The Morgan fingerprint density at radius 2 is 0.549 bits per heavy atom. The lowest BCUT2D eigenvalue weighted by molar-refractivity contribution is -0.167. The van der Waals surface area contributed by atoms with Crippen molar-refractivity contribution in [1.82, 2.24) is 0 Å². The predicted molar refractivity (Wildman–Crippen MR) is 307 cm³/mol. The van der Waals surface area contributed by atoms with Crippen molar-refractivity contribution in [3.63, 3.8) is 0 Å². The number of esters is 3. The molecule has 0 bridgehead atoms. The SMILES string of the molecule is CC/C=C\C/C=C\C/C=C\C/C=C\CCCCCCCCC(=O)OCC(COC(=O)CCCCCCC/C=C\CCCCCCCCC)OC(=O)CCCCCCCCCCCCCCCCCCCC. The Bertz CT molecular complexity index is 1280. The Labute approximate surface area is 440 Å². The van der Waals surface area contributed by atoms with Crippen molar-refractivity contribution in [2.75, 3.05) is 13.2 Å². The fraction of sp³-hybridized carbons (Fsp3) is 0.800. The molecule has 71 heavy (non-hydrogen) atoms. The summed E-state index contributed by atoms with van der Waals surface area (Å²) < 4.78 is 16.9. The number of unbranched alkanes of at least 4 members (excludes halogenated alkanes) is 35. The Morgan fingerprint density at radius 3 is 0.873 bits per heavy atom. The number of carbonyl (C=O) groups excluding carboxylic acids is 3. The zero-order valence-electron chi connectivity index (χ0n) is 47.2. The number of hydrogen-bond donors (Lipinski definition) is 0. The zero-order valence-corrected chi connectivity index (χ0v) is 47.2. The maximum absolute atomic E-state index is 12.9. The smallest absolute Gasteiger partial charge is 0.306 e. The molecule has 0 amide bonds. The van der Waals surface area contributed by atoms with Crippen LogP contribution in [0.3, 0.4) is 0 Å². The molecule has 0 N–H and O–H groups in total. The van der Waals surface area contributed by atoms with Crippen molar-refractivity contribution in [3.8, 4) is 0 Å². The molecule has 0 aromatic heterocycles. The molecule has 1 unspecified atom stereocenters. The number of ether oxygens (including phenoxy) is 3. The highest BCUT2D eigenvalue weighted by atomic mass is 16.6. The van der Waals surface area contributed by atoms with Gasteiger partial charge in [-0.2, -0.15) is 0 Å². The van der Waals surface area contributed by atoms with Gasteiger partial charge in [-0.15, -0.1) is 0 Å². The predicted octanol–water partition coefficient (Wildman–Crippen LogP) is 20.8. The topological polar surface area (TPSA) is 78.9 Å². The van der Waals surface area contributed by atoms with Gasteiger partial charge < -0.3 is 14.2 Å². The lowest BCUT2D eigenvalue weighted by atomic mass is 10.0. The van der Waals surface area contributed by atoms with Crippen molar-refractivity contribution in [2.45, 2.75) is 322 Å². The van der Waals surface area contributed by atoms with Crippen LogP contribution in [0.2, 0.25) is 0 Å². The van der Waals surface area contributed by atoms with Gasteiger partial charge >= 0.3 is 17.9 Å². The molecule has 0 rings (SSSR count). The number of rotatable bonds is 56. The van der Waals surface area contributed by atoms with Crippen LogP contribution in [0, 0.1) is 0 Å². The Hall–Kier alpha value is -2.89. The molecule has 0 aliphatic carbocycles. The maximum atomic E-state index is 12.9. The first-order valence-electron chi connectivity index (χ1n) is 30.8. The number of carbonyl (C=O) groups is 3. The van der Waals surface area contributed by atoms with Crippen molar-refractivity contribution in [3.05, 3.63) is 60.8 Å². The average molecular weight is 994 g/mol. The Balaban J connectivity index is 4.38. The van der Waals surface area contributed by atoms with Crippen molar-refractivity contribution < 1.29 is 28.6 Å².